The van der Waals surface area contributed by atoms with Gasteiger partial charge in [0.05, 0.1) is 11.3 Å². The van der Waals surface area contributed by atoms with E-state index in [1.165, 1.54) is 23.1 Å². The molecule has 4 rings (SSSR count). The Hall–Kier alpha value is -2.58. The van der Waals surface area contributed by atoms with E-state index < -0.39 is 0 Å². The number of pyridine rings is 1. The summed E-state index contributed by atoms with van der Waals surface area (Å²) in [6.07, 6.45) is 1.68. The number of benzene rings is 1. The smallest absolute Gasteiger partial charge is 0.260 e. The lowest BCUT2D eigenvalue weighted by Gasteiger charge is -2.18. The third kappa shape index (κ3) is 3.91. The summed E-state index contributed by atoms with van der Waals surface area (Å²) in [6.45, 7) is 5.00. The summed E-state index contributed by atoms with van der Waals surface area (Å²) < 4.78 is 11.2. The van der Waals surface area contributed by atoms with Gasteiger partial charge in [-0.25, -0.2) is 9.97 Å². The highest BCUT2D eigenvalue weighted by atomic mass is 32.2. The van der Waals surface area contributed by atoms with Gasteiger partial charge in [0, 0.05) is 16.0 Å². The molecule has 6 nitrogen and oxygen atoms in total. The van der Waals surface area contributed by atoms with Gasteiger partial charge in [-0.1, -0.05) is 11.8 Å². The van der Waals surface area contributed by atoms with Crippen molar-refractivity contribution in [3.63, 3.8) is 0 Å². The molecule has 0 radical (unpaired) electrons. The Labute approximate surface area is 165 Å². The molecule has 0 saturated heterocycles. The van der Waals surface area contributed by atoms with Crippen LogP contribution >= 0.6 is 23.1 Å². The van der Waals surface area contributed by atoms with Crippen LogP contribution < -0.4 is 14.8 Å². The predicted molar refractivity (Wildman–Crippen MR) is 105 cm³/mol. The first kappa shape index (κ1) is 17.8. The van der Waals surface area contributed by atoms with E-state index >= 15 is 0 Å². The minimum Gasteiger partial charge on any atom is -0.486 e. The number of thiazole rings is 1. The molecule has 1 aliphatic heterocycles. The Morgan fingerprint density at radius 2 is 2.00 bits per heavy atom. The standard InChI is InChI=1S/C19H17N3O3S2/c1-11-12(2)26-19(21-11)22-17(23)14-4-3-7-20-18(14)27-13-5-6-15-16(10-13)25-9-8-24-15/h3-7,10H,8-9H2,1-2H3,(H,21,22,23). The van der Waals surface area contributed by atoms with Crippen molar-refractivity contribution in [1.82, 2.24) is 9.97 Å². The molecule has 138 valence electrons. The van der Waals surface area contributed by atoms with Crippen molar-refractivity contribution in [2.45, 2.75) is 23.8 Å². The summed E-state index contributed by atoms with van der Waals surface area (Å²) in [4.78, 5) is 23.5. The van der Waals surface area contributed by atoms with Gasteiger partial charge >= 0.3 is 0 Å². The second kappa shape index (κ2) is 7.58. The number of carbonyl (C=O) groups excluding carboxylic acids is 1. The summed E-state index contributed by atoms with van der Waals surface area (Å²) in [5.74, 6) is 1.22. The summed E-state index contributed by atoms with van der Waals surface area (Å²) in [5.41, 5.74) is 1.43. The van der Waals surface area contributed by atoms with Gasteiger partial charge in [0.25, 0.3) is 5.91 Å². The lowest BCUT2D eigenvalue weighted by molar-refractivity contribution is 0.102. The van der Waals surface area contributed by atoms with Crippen LogP contribution in [0.1, 0.15) is 20.9 Å². The quantitative estimate of drug-likeness (QED) is 0.704. The van der Waals surface area contributed by atoms with Crippen LogP contribution in [-0.2, 0) is 0 Å². The molecule has 1 aliphatic rings. The first-order valence-corrected chi connectivity index (χ1v) is 10.0. The maximum Gasteiger partial charge on any atom is 0.260 e. The van der Waals surface area contributed by atoms with Gasteiger partial charge < -0.3 is 9.47 Å². The predicted octanol–water partition coefficient (Wildman–Crippen LogP) is 4.33. The molecule has 27 heavy (non-hydrogen) atoms. The maximum absolute atomic E-state index is 12.7. The van der Waals surface area contributed by atoms with Crippen molar-refractivity contribution in [2.24, 2.45) is 0 Å². The summed E-state index contributed by atoms with van der Waals surface area (Å²) in [6, 6.07) is 9.23. The average molecular weight is 399 g/mol. The monoisotopic (exact) mass is 399 g/mol. The van der Waals surface area contributed by atoms with Gasteiger partial charge in [0.2, 0.25) is 0 Å². The molecule has 0 fully saturated rings. The molecule has 0 spiro atoms. The first-order chi connectivity index (χ1) is 13.1. The molecule has 1 aromatic carbocycles. The fraction of sp³-hybridized carbons (Fsp3) is 0.211. The molecule has 1 amide bonds. The number of aryl methyl sites for hydroxylation is 2. The Morgan fingerprint density at radius 3 is 2.78 bits per heavy atom. The van der Waals surface area contributed by atoms with Crippen LogP contribution in [0.2, 0.25) is 0 Å². The molecule has 0 bridgehead atoms. The number of anilines is 1. The number of nitrogens with zero attached hydrogens (tertiary/aromatic N) is 2. The largest absolute Gasteiger partial charge is 0.486 e. The van der Waals surface area contributed by atoms with E-state index in [1.54, 1.807) is 18.3 Å². The Kier molecular flexibility index (Phi) is 5.00. The average Bonchev–Trinajstić information content (AvgIpc) is 2.99. The van der Waals surface area contributed by atoms with E-state index in [9.17, 15) is 4.79 Å². The van der Waals surface area contributed by atoms with Crippen molar-refractivity contribution in [2.75, 3.05) is 18.5 Å². The van der Waals surface area contributed by atoms with Gasteiger partial charge in [-0.05, 0) is 44.2 Å². The molecule has 3 heterocycles. The summed E-state index contributed by atoms with van der Waals surface area (Å²) in [7, 11) is 0. The molecule has 8 heteroatoms. The van der Waals surface area contributed by atoms with Crippen LogP contribution in [0.15, 0.2) is 46.5 Å². The van der Waals surface area contributed by atoms with Crippen molar-refractivity contribution in [1.29, 1.82) is 0 Å². The number of hydrogen-bond acceptors (Lipinski definition) is 7. The van der Waals surface area contributed by atoms with Crippen molar-refractivity contribution in [3.8, 4) is 11.5 Å². The number of amides is 1. The third-order valence-electron chi connectivity index (χ3n) is 3.99. The number of aromatic nitrogens is 2. The van der Waals surface area contributed by atoms with E-state index in [0.29, 0.717) is 34.7 Å². The number of hydrogen-bond donors (Lipinski definition) is 1. The highest BCUT2D eigenvalue weighted by Crippen LogP contribution is 2.37. The van der Waals surface area contributed by atoms with Crippen molar-refractivity contribution < 1.29 is 14.3 Å². The second-order valence-corrected chi connectivity index (χ2v) is 8.14. The van der Waals surface area contributed by atoms with E-state index in [-0.39, 0.29) is 5.91 Å². The Balaban J connectivity index is 1.56. The normalized spacial score (nSPS) is 12.7. The molecule has 0 unspecified atom stereocenters. The van der Waals surface area contributed by atoms with E-state index in [2.05, 4.69) is 15.3 Å². The van der Waals surface area contributed by atoms with Crippen LogP contribution in [0.5, 0.6) is 11.5 Å². The molecular weight excluding hydrogens is 382 g/mol. The van der Waals surface area contributed by atoms with E-state index in [1.807, 2.05) is 32.0 Å². The zero-order valence-corrected chi connectivity index (χ0v) is 16.4. The van der Waals surface area contributed by atoms with Crippen molar-refractivity contribution >= 4 is 34.1 Å². The minimum absolute atomic E-state index is 0.225. The van der Waals surface area contributed by atoms with Crippen LogP contribution in [-0.4, -0.2) is 29.1 Å². The van der Waals surface area contributed by atoms with Crippen LogP contribution in [0.4, 0.5) is 5.13 Å². The number of fused-ring (bicyclic) bond motifs is 1. The maximum atomic E-state index is 12.7. The van der Waals surface area contributed by atoms with E-state index in [0.717, 1.165) is 21.2 Å². The van der Waals surface area contributed by atoms with Crippen molar-refractivity contribution in [3.05, 3.63) is 52.7 Å². The number of carbonyl (C=O) groups is 1. The highest BCUT2D eigenvalue weighted by molar-refractivity contribution is 7.99. The number of rotatable bonds is 4. The van der Waals surface area contributed by atoms with Gasteiger partial charge in [0.1, 0.15) is 18.2 Å². The van der Waals surface area contributed by atoms with Gasteiger partial charge in [-0.3, -0.25) is 10.1 Å². The molecule has 0 aliphatic carbocycles. The molecule has 0 atom stereocenters. The molecule has 0 saturated carbocycles. The van der Waals surface area contributed by atoms with E-state index in [4.69, 9.17) is 9.47 Å². The fourth-order valence-electron chi connectivity index (χ4n) is 2.53. The minimum atomic E-state index is -0.225. The second-order valence-electron chi connectivity index (χ2n) is 5.88. The molecular formula is C19H17N3O3S2. The Morgan fingerprint density at radius 1 is 1.19 bits per heavy atom. The van der Waals surface area contributed by atoms with Gasteiger partial charge in [-0.15, -0.1) is 11.3 Å². The third-order valence-corrected chi connectivity index (χ3v) is 5.99. The zero-order valence-electron chi connectivity index (χ0n) is 14.8. The lowest BCUT2D eigenvalue weighted by Crippen LogP contribution is -2.15. The molecule has 1 N–H and O–H groups in total. The van der Waals surface area contributed by atoms with Gasteiger partial charge in [0.15, 0.2) is 16.6 Å². The Bertz CT molecular complexity index is 984. The zero-order chi connectivity index (χ0) is 18.8. The SMILES string of the molecule is Cc1nc(NC(=O)c2cccnc2Sc2ccc3c(c2)OCCO3)sc1C. The fourth-order valence-corrected chi connectivity index (χ4v) is 4.25. The van der Waals surface area contributed by atoms with Crippen LogP contribution in [0.3, 0.4) is 0 Å². The highest BCUT2D eigenvalue weighted by Gasteiger charge is 2.17. The summed E-state index contributed by atoms with van der Waals surface area (Å²) >= 11 is 2.87. The summed E-state index contributed by atoms with van der Waals surface area (Å²) in [5, 5.41) is 4.08. The molecule has 3 aromatic rings. The van der Waals surface area contributed by atoms with Crippen LogP contribution in [0.25, 0.3) is 0 Å². The van der Waals surface area contributed by atoms with Gasteiger partial charge in [-0.2, -0.15) is 0 Å². The lowest BCUT2D eigenvalue weighted by atomic mass is 10.3. The first-order valence-electron chi connectivity index (χ1n) is 8.38. The molecule has 2 aromatic heterocycles. The topological polar surface area (TPSA) is 73.3 Å². The van der Waals surface area contributed by atoms with Crippen LogP contribution in [0, 0.1) is 13.8 Å². The number of ether oxygens (including phenoxy) is 2. The number of nitrogens with one attached hydrogen (secondary N) is 1.